The number of sulfone groups is 1. The highest BCUT2D eigenvalue weighted by atomic mass is 32.2. The van der Waals surface area contributed by atoms with Crippen LogP contribution in [-0.4, -0.2) is 60.6 Å². The first-order valence-corrected chi connectivity index (χ1v) is 18.2. The number of hydrogen-bond acceptors (Lipinski definition) is 13. The van der Waals surface area contributed by atoms with Gasteiger partial charge in [-0.05, 0) is 41.0 Å². The van der Waals surface area contributed by atoms with Crippen LogP contribution < -0.4 is 15.0 Å². The fraction of sp³-hybridized carbons (Fsp3) is 0.167. The van der Waals surface area contributed by atoms with Crippen LogP contribution in [0.15, 0.2) is 82.0 Å². The molecular weight excluding hydrogens is 674 g/mol. The minimum Gasteiger partial charge on any atom is -0.481 e. The number of rotatable bonds is 10. The Bertz CT molecular complexity index is 2390. The van der Waals surface area contributed by atoms with Crippen LogP contribution in [0.3, 0.4) is 0 Å². The Kier molecular flexibility index (Phi) is 8.37. The number of halogens is 1. The van der Waals surface area contributed by atoms with Gasteiger partial charge in [0.2, 0.25) is 21.7 Å². The van der Waals surface area contributed by atoms with Crippen molar-refractivity contribution >= 4 is 41.4 Å². The van der Waals surface area contributed by atoms with E-state index >= 15 is 0 Å². The first-order chi connectivity index (χ1) is 22.3. The number of methoxy groups -OCH3 is 1. The number of aromatic nitrogens is 5. The van der Waals surface area contributed by atoms with Crippen LogP contribution in [0.1, 0.15) is 21.7 Å². The molecule has 0 radical (unpaired) electrons. The number of hydrogen-bond donors (Lipinski definition) is 0. The summed E-state index contributed by atoms with van der Waals surface area (Å²) in [5, 5.41) is 6.56. The third kappa shape index (κ3) is 6.49. The molecule has 3 heterocycles. The molecule has 0 spiro atoms. The molecule has 0 N–H and O–H groups in total. The van der Waals surface area contributed by atoms with Crippen molar-refractivity contribution in [2.24, 2.45) is 0 Å². The standard InChI is InChI=1S/C30H24FN5O8S3/c1-42-30-33-23(24(29(37)36(30)47(3,40)41)43-16-17-7-5-4-6-8-17)26-34-35-27(44-26)25(46(2,38)39)28-32-21-14-11-19(15-22(21)45-28)18-9-12-20(31)13-10-18/h4-15,25H,16H2,1-3H3. The maximum Gasteiger partial charge on any atom is 0.314 e. The zero-order valence-electron chi connectivity index (χ0n) is 24.8. The summed E-state index contributed by atoms with van der Waals surface area (Å²) in [7, 11) is -7.07. The molecule has 3 aromatic heterocycles. The van der Waals surface area contributed by atoms with Gasteiger partial charge in [-0.3, -0.25) is 4.79 Å². The molecule has 47 heavy (non-hydrogen) atoms. The molecule has 0 aliphatic carbocycles. The van der Waals surface area contributed by atoms with Crippen molar-refractivity contribution in [1.82, 2.24) is 24.1 Å². The fourth-order valence-electron chi connectivity index (χ4n) is 4.68. The predicted molar refractivity (Wildman–Crippen MR) is 171 cm³/mol. The molecule has 6 rings (SSSR count). The van der Waals surface area contributed by atoms with Crippen molar-refractivity contribution in [2.75, 3.05) is 19.6 Å². The number of thiazole rings is 1. The van der Waals surface area contributed by atoms with Crippen molar-refractivity contribution in [1.29, 1.82) is 0 Å². The Morgan fingerprint density at radius 3 is 2.30 bits per heavy atom. The van der Waals surface area contributed by atoms with Gasteiger partial charge in [-0.15, -0.1) is 21.5 Å². The molecule has 6 aromatic rings. The fourth-order valence-corrected chi connectivity index (χ4v) is 8.00. The Balaban J connectivity index is 1.44. The second-order valence-electron chi connectivity index (χ2n) is 10.3. The molecule has 3 aromatic carbocycles. The lowest BCUT2D eigenvalue weighted by Crippen LogP contribution is -2.30. The van der Waals surface area contributed by atoms with Crippen molar-refractivity contribution < 1.29 is 35.1 Å². The van der Waals surface area contributed by atoms with Crippen LogP contribution in [0.25, 0.3) is 32.9 Å². The number of fused-ring (bicyclic) bond motifs is 1. The Morgan fingerprint density at radius 1 is 0.936 bits per heavy atom. The third-order valence-corrected chi connectivity index (χ3v) is 10.3. The van der Waals surface area contributed by atoms with Crippen LogP contribution in [-0.2, 0) is 26.5 Å². The molecule has 0 saturated heterocycles. The summed E-state index contributed by atoms with van der Waals surface area (Å²) in [5.41, 5.74) is 1.21. The topological polar surface area (TPSA) is 173 Å². The highest BCUT2D eigenvalue weighted by molar-refractivity contribution is 7.91. The van der Waals surface area contributed by atoms with Gasteiger partial charge >= 0.3 is 11.6 Å². The molecule has 242 valence electrons. The van der Waals surface area contributed by atoms with Crippen molar-refractivity contribution in [3.05, 3.63) is 105 Å². The van der Waals surface area contributed by atoms with Gasteiger partial charge in [0, 0.05) is 6.26 Å². The summed E-state index contributed by atoms with van der Waals surface area (Å²) >= 11 is 1.09. The van der Waals surface area contributed by atoms with E-state index in [-0.39, 0.29) is 29.0 Å². The summed E-state index contributed by atoms with van der Waals surface area (Å²) in [4.78, 5) is 22.2. The lowest BCUT2D eigenvalue weighted by atomic mass is 10.1. The van der Waals surface area contributed by atoms with Crippen LogP contribution >= 0.6 is 11.3 Å². The van der Waals surface area contributed by atoms with E-state index in [0.717, 1.165) is 42.1 Å². The minimum absolute atomic E-state index is 0.132. The van der Waals surface area contributed by atoms with Crippen LogP contribution in [0, 0.1) is 5.82 Å². The second kappa shape index (κ2) is 12.3. The predicted octanol–water partition coefficient (Wildman–Crippen LogP) is 4.24. The SMILES string of the molecule is COc1nc(-c2nnc(C(c3nc4ccc(-c5ccc(F)cc5)cc4s3)S(C)(=O)=O)o2)c(OCc2ccccc2)c(=O)n1S(C)(=O)=O. The third-order valence-electron chi connectivity index (χ3n) is 6.82. The van der Waals surface area contributed by atoms with Gasteiger partial charge in [0.25, 0.3) is 5.89 Å². The molecule has 13 nitrogen and oxygen atoms in total. The van der Waals surface area contributed by atoms with Crippen molar-refractivity contribution in [3.8, 4) is 34.5 Å². The van der Waals surface area contributed by atoms with Crippen LogP contribution in [0.2, 0.25) is 0 Å². The molecule has 1 unspecified atom stereocenters. The van der Waals surface area contributed by atoms with Crippen molar-refractivity contribution in [2.45, 2.75) is 11.9 Å². The maximum atomic E-state index is 13.5. The van der Waals surface area contributed by atoms with E-state index in [0.29, 0.717) is 19.8 Å². The van der Waals surface area contributed by atoms with Gasteiger partial charge in [0.1, 0.15) is 17.4 Å². The molecule has 17 heteroatoms. The summed E-state index contributed by atoms with van der Waals surface area (Å²) in [6.07, 6.45) is 1.78. The first kappa shape index (κ1) is 32.0. The smallest absolute Gasteiger partial charge is 0.314 e. The van der Waals surface area contributed by atoms with E-state index in [2.05, 4.69) is 20.2 Å². The highest BCUT2D eigenvalue weighted by Crippen LogP contribution is 2.38. The monoisotopic (exact) mass is 697 g/mol. The van der Waals surface area contributed by atoms with Crippen molar-refractivity contribution in [3.63, 3.8) is 0 Å². The number of nitrogens with zero attached hydrogens (tertiary/aromatic N) is 5. The van der Waals surface area contributed by atoms with Gasteiger partial charge in [0.15, 0.2) is 20.8 Å². The summed E-state index contributed by atoms with van der Waals surface area (Å²) in [6, 6.07) is 19.4. The van der Waals surface area contributed by atoms with Gasteiger partial charge in [-0.2, -0.15) is 8.96 Å². The van der Waals surface area contributed by atoms with E-state index in [1.807, 2.05) is 6.07 Å². The second-order valence-corrected chi connectivity index (χ2v) is 15.3. The lowest BCUT2D eigenvalue weighted by molar-refractivity contribution is 0.294. The summed E-state index contributed by atoms with van der Waals surface area (Å²) in [6.45, 7) is -0.153. The van der Waals surface area contributed by atoms with E-state index in [1.54, 1.807) is 54.6 Å². The lowest BCUT2D eigenvalue weighted by Gasteiger charge is -2.14. The average molecular weight is 698 g/mol. The summed E-state index contributed by atoms with van der Waals surface area (Å²) < 4.78 is 82.4. The van der Waals surface area contributed by atoms with E-state index in [1.165, 1.54) is 12.1 Å². The maximum absolute atomic E-state index is 13.5. The molecule has 0 fully saturated rings. The van der Waals surface area contributed by atoms with Crippen LogP contribution in [0.4, 0.5) is 4.39 Å². The summed E-state index contributed by atoms with van der Waals surface area (Å²) in [5.74, 6) is -1.71. The molecule has 1 atom stereocenters. The Morgan fingerprint density at radius 2 is 1.64 bits per heavy atom. The minimum atomic E-state index is -4.21. The van der Waals surface area contributed by atoms with Gasteiger partial charge in [-0.25, -0.2) is 26.2 Å². The largest absolute Gasteiger partial charge is 0.481 e. The van der Waals surface area contributed by atoms with E-state index in [4.69, 9.17) is 13.9 Å². The molecular formula is C30H24FN5O8S3. The number of ether oxygens (including phenoxy) is 2. The van der Waals surface area contributed by atoms with E-state index < -0.39 is 48.3 Å². The van der Waals surface area contributed by atoms with Crippen LogP contribution in [0.5, 0.6) is 11.8 Å². The molecule has 0 amide bonds. The van der Waals surface area contributed by atoms with Gasteiger partial charge < -0.3 is 13.9 Å². The molecule has 0 bridgehead atoms. The molecule has 0 saturated carbocycles. The average Bonchev–Trinajstić information content (AvgIpc) is 3.66. The molecule has 0 aliphatic heterocycles. The van der Waals surface area contributed by atoms with E-state index in [9.17, 15) is 26.0 Å². The zero-order valence-corrected chi connectivity index (χ0v) is 27.3. The molecule has 0 aliphatic rings. The normalized spacial score (nSPS) is 12.7. The Hall–Kier alpha value is -5.00. The quantitative estimate of drug-likeness (QED) is 0.200. The van der Waals surface area contributed by atoms with Gasteiger partial charge in [-0.1, -0.05) is 48.5 Å². The van der Waals surface area contributed by atoms with Gasteiger partial charge in [0.05, 0.1) is 23.6 Å². The number of benzene rings is 3. The first-order valence-electron chi connectivity index (χ1n) is 13.6. The zero-order chi connectivity index (χ0) is 33.5. The Labute approximate surface area is 271 Å². The highest BCUT2D eigenvalue weighted by Gasteiger charge is 2.35.